The van der Waals surface area contributed by atoms with Crippen molar-refractivity contribution in [1.82, 2.24) is 0 Å². The van der Waals surface area contributed by atoms with Gasteiger partial charge in [-0.3, -0.25) is 0 Å². The van der Waals surface area contributed by atoms with Crippen molar-refractivity contribution in [1.29, 1.82) is 0 Å². The average molecular weight is 399 g/mol. The van der Waals surface area contributed by atoms with E-state index in [0.29, 0.717) is 23.9 Å². The van der Waals surface area contributed by atoms with Crippen LogP contribution in [-0.2, 0) is 4.74 Å². The molecule has 7 atom stereocenters. The van der Waals surface area contributed by atoms with E-state index in [1.807, 2.05) is 0 Å². The van der Waals surface area contributed by atoms with Crippen LogP contribution in [0, 0.1) is 40.9 Å². The van der Waals surface area contributed by atoms with Crippen molar-refractivity contribution in [3.05, 3.63) is 29.8 Å². The van der Waals surface area contributed by atoms with Crippen LogP contribution in [0.15, 0.2) is 24.3 Å². The zero-order valence-corrected chi connectivity index (χ0v) is 19.7. The summed E-state index contributed by atoms with van der Waals surface area (Å²) >= 11 is 0. The van der Waals surface area contributed by atoms with Gasteiger partial charge in [0.15, 0.2) is 0 Å². The van der Waals surface area contributed by atoms with Crippen LogP contribution in [0.1, 0.15) is 85.6 Å². The fraction of sp³-hybridized carbons (Fsp3) is 0.778. The average Bonchev–Trinajstić information content (AvgIpc) is 2.99. The Morgan fingerprint density at radius 2 is 1.52 bits per heavy atom. The summed E-state index contributed by atoms with van der Waals surface area (Å²) in [5, 5.41) is 0. The standard InChI is InChI=1S/C27H42O2/c1-16(2)25(27(5,6)7)18-11-13-19(14-12-18)28-26(17(3)4)29-23-15-22-20-9-8-10-21(20)24(22)23/h11-14,16-17,20-26H,8-10,15H2,1-7H3. The lowest BCUT2D eigenvalue weighted by Crippen LogP contribution is -2.61. The topological polar surface area (TPSA) is 18.5 Å². The Kier molecular flexibility index (Phi) is 5.79. The monoisotopic (exact) mass is 398 g/mol. The Morgan fingerprint density at radius 1 is 0.862 bits per heavy atom. The summed E-state index contributed by atoms with van der Waals surface area (Å²) in [6, 6.07) is 8.82. The molecule has 0 bridgehead atoms. The molecule has 0 heterocycles. The summed E-state index contributed by atoms with van der Waals surface area (Å²) in [6.07, 6.45) is 5.90. The third-order valence-electron chi connectivity index (χ3n) is 8.04. The van der Waals surface area contributed by atoms with E-state index in [1.165, 1.54) is 31.2 Å². The fourth-order valence-corrected chi connectivity index (χ4v) is 7.01. The predicted molar refractivity (Wildman–Crippen MR) is 120 cm³/mol. The Morgan fingerprint density at radius 3 is 2.10 bits per heavy atom. The van der Waals surface area contributed by atoms with Crippen LogP contribution in [-0.4, -0.2) is 12.4 Å². The molecule has 0 radical (unpaired) electrons. The highest BCUT2D eigenvalue weighted by molar-refractivity contribution is 5.31. The van der Waals surface area contributed by atoms with E-state index in [4.69, 9.17) is 9.47 Å². The molecule has 7 unspecified atom stereocenters. The fourth-order valence-electron chi connectivity index (χ4n) is 7.01. The molecular formula is C27H42O2. The maximum Gasteiger partial charge on any atom is 0.202 e. The van der Waals surface area contributed by atoms with Crippen LogP contribution in [0.2, 0.25) is 0 Å². The van der Waals surface area contributed by atoms with Crippen molar-refractivity contribution in [3.8, 4) is 5.75 Å². The first-order chi connectivity index (χ1) is 13.7. The molecule has 2 heteroatoms. The number of hydrogen-bond donors (Lipinski definition) is 0. The summed E-state index contributed by atoms with van der Waals surface area (Å²) in [5.41, 5.74) is 1.66. The van der Waals surface area contributed by atoms with Crippen LogP contribution in [0.25, 0.3) is 0 Å². The quantitative estimate of drug-likeness (QED) is 0.449. The van der Waals surface area contributed by atoms with Crippen LogP contribution >= 0.6 is 0 Å². The SMILES string of the molecule is CC(C)C(Oc1ccc(C(C(C)C)C(C)(C)C)cc1)OC1CC2C3CCCC3C12. The molecule has 0 spiro atoms. The number of rotatable bonds is 7. The normalized spacial score (nSPS) is 32.9. The molecule has 0 aliphatic heterocycles. The van der Waals surface area contributed by atoms with Crippen molar-refractivity contribution in [3.63, 3.8) is 0 Å². The van der Waals surface area contributed by atoms with Gasteiger partial charge in [0.2, 0.25) is 6.29 Å². The lowest BCUT2D eigenvalue weighted by molar-refractivity contribution is -0.255. The largest absolute Gasteiger partial charge is 0.465 e. The number of fused-ring (bicyclic) bond motifs is 4. The van der Waals surface area contributed by atoms with E-state index in [1.54, 1.807) is 0 Å². The van der Waals surface area contributed by atoms with Crippen LogP contribution in [0.4, 0.5) is 0 Å². The minimum absolute atomic E-state index is 0.143. The van der Waals surface area contributed by atoms with Gasteiger partial charge in [-0.1, -0.05) is 67.0 Å². The first-order valence-electron chi connectivity index (χ1n) is 12.1. The second kappa shape index (κ2) is 7.91. The highest BCUT2D eigenvalue weighted by atomic mass is 16.7. The van der Waals surface area contributed by atoms with Gasteiger partial charge in [-0.2, -0.15) is 0 Å². The van der Waals surface area contributed by atoms with Gasteiger partial charge in [-0.25, -0.2) is 0 Å². The number of benzene rings is 1. The van der Waals surface area contributed by atoms with Crippen molar-refractivity contribution < 1.29 is 9.47 Å². The summed E-state index contributed by atoms with van der Waals surface area (Å²) in [7, 11) is 0. The van der Waals surface area contributed by atoms with Gasteiger partial charge in [0.1, 0.15) is 5.75 Å². The second-order valence-electron chi connectivity index (χ2n) is 11.8. The highest BCUT2D eigenvalue weighted by Crippen LogP contribution is 2.65. The number of ether oxygens (including phenoxy) is 2. The van der Waals surface area contributed by atoms with Crippen molar-refractivity contribution in [2.45, 2.75) is 92.5 Å². The third-order valence-corrected chi connectivity index (χ3v) is 8.04. The Bertz CT molecular complexity index is 683. The zero-order chi connectivity index (χ0) is 20.9. The first kappa shape index (κ1) is 21.2. The lowest BCUT2D eigenvalue weighted by atomic mass is 9.46. The molecule has 2 nitrogen and oxygen atoms in total. The van der Waals surface area contributed by atoms with Crippen molar-refractivity contribution in [2.24, 2.45) is 40.9 Å². The molecule has 1 aromatic carbocycles. The van der Waals surface area contributed by atoms with E-state index in [9.17, 15) is 0 Å². The molecular weight excluding hydrogens is 356 g/mol. The molecule has 3 fully saturated rings. The van der Waals surface area contributed by atoms with E-state index in [-0.39, 0.29) is 11.7 Å². The van der Waals surface area contributed by atoms with Gasteiger partial charge in [0.05, 0.1) is 6.10 Å². The highest BCUT2D eigenvalue weighted by Gasteiger charge is 2.62. The summed E-state index contributed by atoms with van der Waals surface area (Å²) in [6.45, 7) is 16.1. The smallest absolute Gasteiger partial charge is 0.202 e. The van der Waals surface area contributed by atoms with Gasteiger partial charge >= 0.3 is 0 Å². The van der Waals surface area contributed by atoms with E-state index in [0.717, 1.165) is 29.4 Å². The summed E-state index contributed by atoms with van der Waals surface area (Å²) < 4.78 is 12.9. The maximum atomic E-state index is 6.54. The van der Waals surface area contributed by atoms with E-state index in [2.05, 4.69) is 72.7 Å². The summed E-state index contributed by atoms with van der Waals surface area (Å²) in [5.74, 6) is 6.22. The molecule has 0 saturated heterocycles. The van der Waals surface area contributed by atoms with Gasteiger partial charge in [0.25, 0.3) is 0 Å². The molecule has 0 amide bonds. The minimum Gasteiger partial charge on any atom is -0.465 e. The zero-order valence-electron chi connectivity index (χ0n) is 19.7. The van der Waals surface area contributed by atoms with Crippen LogP contribution in [0.3, 0.4) is 0 Å². The Balaban J connectivity index is 1.39. The molecule has 4 rings (SSSR count). The maximum absolute atomic E-state index is 6.54. The first-order valence-corrected chi connectivity index (χ1v) is 12.1. The van der Waals surface area contributed by atoms with E-state index < -0.39 is 0 Å². The van der Waals surface area contributed by atoms with E-state index >= 15 is 0 Å². The molecule has 29 heavy (non-hydrogen) atoms. The molecule has 3 aliphatic carbocycles. The van der Waals surface area contributed by atoms with Gasteiger partial charge in [-0.05, 0) is 77.9 Å². The number of hydrogen-bond acceptors (Lipinski definition) is 2. The van der Waals surface area contributed by atoms with Crippen molar-refractivity contribution in [2.75, 3.05) is 0 Å². The third kappa shape index (κ3) is 3.99. The van der Waals surface area contributed by atoms with Crippen molar-refractivity contribution >= 4 is 0 Å². The molecule has 3 aliphatic rings. The molecule has 0 aromatic heterocycles. The second-order valence-corrected chi connectivity index (χ2v) is 11.8. The lowest BCUT2D eigenvalue weighted by Gasteiger charge is -2.61. The summed E-state index contributed by atoms with van der Waals surface area (Å²) in [4.78, 5) is 0. The molecule has 1 aromatic rings. The minimum atomic E-state index is -0.143. The molecule has 3 saturated carbocycles. The molecule has 162 valence electrons. The van der Waals surface area contributed by atoms with Gasteiger partial charge in [-0.15, -0.1) is 0 Å². The Hall–Kier alpha value is -1.02. The van der Waals surface area contributed by atoms with Crippen LogP contribution in [0.5, 0.6) is 5.75 Å². The molecule has 0 N–H and O–H groups in total. The Labute approximate surface area is 178 Å². The predicted octanol–water partition coefficient (Wildman–Crippen LogP) is 7.28. The van der Waals surface area contributed by atoms with Crippen LogP contribution < -0.4 is 4.74 Å². The van der Waals surface area contributed by atoms with Gasteiger partial charge in [0, 0.05) is 5.92 Å². The van der Waals surface area contributed by atoms with Gasteiger partial charge < -0.3 is 9.47 Å².